The average molecular weight is 347 g/mol. The molecule has 1 saturated carbocycles. The number of nitrogens with zero attached hydrogens (tertiary/aromatic N) is 2. The van der Waals surface area contributed by atoms with Crippen molar-refractivity contribution in [3.8, 4) is 5.75 Å². The van der Waals surface area contributed by atoms with Crippen molar-refractivity contribution in [2.75, 3.05) is 11.3 Å². The van der Waals surface area contributed by atoms with Crippen LogP contribution in [0.5, 0.6) is 5.75 Å². The van der Waals surface area contributed by atoms with Gasteiger partial charge in [-0.3, -0.25) is 9.40 Å². The van der Waals surface area contributed by atoms with Crippen LogP contribution in [0.1, 0.15) is 42.9 Å². The lowest BCUT2D eigenvalue weighted by Crippen LogP contribution is -2.15. The summed E-state index contributed by atoms with van der Waals surface area (Å²) in [6, 6.07) is 6.87. The van der Waals surface area contributed by atoms with Crippen LogP contribution in [-0.2, 0) is 23.5 Å². The molecule has 1 N–H and O–H groups in total. The lowest BCUT2D eigenvalue weighted by Gasteiger charge is -2.09. The van der Waals surface area contributed by atoms with Crippen LogP contribution < -0.4 is 9.46 Å². The van der Waals surface area contributed by atoms with Crippen molar-refractivity contribution in [1.82, 2.24) is 9.78 Å². The van der Waals surface area contributed by atoms with Crippen molar-refractivity contribution < 1.29 is 13.2 Å². The summed E-state index contributed by atoms with van der Waals surface area (Å²) in [6.07, 6.45) is 5.46. The predicted molar refractivity (Wildman–Crippen MR) is 90.9 cm³/mol. The molecular weight excluding hydrogens is 326 g/mol. The number of aryl methyl sites for hydroxylation is 1. The van der Waals surface area contributed by atoms with Gasteiger partial charge in [0.25, 0.3) is 10.0 Å². The molecule has 24 heavy (non-hydrogen) atoms. The van der Waals surface area contributed by atoms with Gasteiger partial charge >= 0.3 is 0 Å². The van der Waals surface area contributed by atoms with Crippen molar-refractivity contribution >= 4 is 15.8 Å². The smallest absolute Gasteiger partial charge is 0.263 e. The number of anilines is 1. The van der Waals surface area contributed by atoms with Gasteiger partial charge in [-0.15, -0.1) is 0 Å². The fourth-order valence-electron chi connectivity index (χ4n) is 3.53. The Hall–Kier alpha value is -2.02. The molecule has 0 spiro atoms. The zero-order valence-corrected chi connectivity index (χ0v) is 14.5. The van der Waals surface area contributed by atoms with Gasteiger partial charge in [0, 0.05) is 25.5 Å². The molecule has 128 valence electrons. The minimum Gasteiger partial charge on any atom is -0.493 e. The summed E-state index contributed by atoms with van der Waals surface area (Å²) in [5, 5.41) is 4.50. The Morgan fingerprint density at radius 3 is 2.83 bits per heavy atom. The number of hydrogen-bond donors (Lipinski definition) is 1. The second kappa shape index (κ2) is 5.81. The third-order valence-corrected chi connectivity index (χ3v) is 6.23. The molecule has 0 amide bonds. The van der Waals surface area contributed by atoms with Crippen molar-refractivity contribution in [2.45, 2.75) is 42.9 Å². The Bertz CT molecular complexity index is 867. The van der Waals surface area contributed by atoms with E-state index in [0.717, 1.165) is 36.3 Å². The first-order valence-corrected chi connectivity index (χ1v) is 9.84. The van der Waals surface area contributed by atoms with E-state index >= 15 is 0 Å². The van der Waals surface area contributed by atoms with Gasteiger partial charge in [0.2, 0.25) is 0 Å². The van der Waals surface area contributed by atoms with Gasteiger partial charge in [0.05, 0.1) is 17.2 Å². The SMILES string of the molecule is Cn1nc(C2CCCC2)cc1NS(=O)(=O)c1ccc2c(c1)CCO2. The fraction of sp³-hybridized carbons (Fsp3) is 0.471. The van der Waals surface area contributed by atoms with Gasteiger partial charge < -0.3 is 4.74 Å². The predicted octanol–water partition coefficient (Wildman–Crippen LogP) is 2.81. The monoisotopic (exact) mass is 347 g/mol. The summed E-state index contributed by atoms with van der Waals surface area (Å²) in [5.74, 6) is 1.73. The van der Waals surface area contributed by atoms with E-state index in [0.29, 0.717) is 18.3 Å². The van der Waals surface area contributed by atoms with Crippen molar-refractivity contribution in [3.05, 3.63) is 35.5 Å². The van der Waals surface area contributed by atoms with Gasteiger partial charge in [-0.2, -0.15) is 5.10 Å². The number of aromatic nitrogens is 2. The average Bonchev–Trinajstić information content (AvgIpc) is 3.27. The topological polar surface area (TPSA) is 73.2 Å². The Kier molecular flexibility index (Phi) is 3.75. The van der Waals surface area contributed by atoms with Crippen LogP contribution in [0.25, 0.3) is 0 Å². The summed E-state index contributed by atoms with van der Waals surface area (Å²) in [4.78, 5) is 0.260. The van der Waals surface area contributed by atoms with E-state index in [1.165, 1.54) is 12.8 Å². The quantitative estimate of drug-likeness (QED) is 0.923. The van der Waals surface area contributed by atoms with E-state index in [2.05, 4.69) is 9.82 Å². The summed E-state index contributed by atoms with van der Waals surface area (Å²) < 4.78 is 35.1. The number of benzene rings is 1. The minimum atomic E-state index is -3.63. The zero-order chi connectivity index (χ0) is 16.7. The highest BCUT2D eigenvalue weighted by Crippen LogP contribution is 2.34. The number of hydrogen-bond acceptors (Lipinski definition) is 4. The molecule has 0 radical (unpaired) electrons. The largest absolute Gasteiger partial charge is 0.493 e. The normalized spacial score (nSPS) is 17.7. The molecule has 0 bridgehead atoms. The molecule has 0 unspecified atom stereocenters. The molecule has 7 heteroatoms. The standard InChI is InChI=1S/C17H21N3O3S/c1-20-17(11-15(18-20)12-4-2-3-5-12)19-24(21,22)14-6-7-16-13(10-14)8-9-23-16/h6-7,10-12,19H,2-5,8-9H2,1H3. The number of fused-ring (bicyclic) bond motifs is 1. The number of nitrogens with one attached hydrogen (secondary N) is 1. The first-order valence-electron chi connectivity index (χ1n) is 8.35. The van der Waals surface area contributed by atoms with Crippen LogP contribution in [0, 0.1) is 0 Å². The van der Waals surface area contributed by atoms with Gasteiger partial charge in [0.15, 0.2) is 0 Å². The van der Waals surface area contributed by atoms with Crippen LogP contribution in [0.3, 0.4) is 0 Å². The highest BCUT2D eigenvalue weighted by molar-refractivity contribution is 7.92. The van der Waals surface area contributed by atoms with Gasteiger partial charge in [0.1, 0.15) is 11.6 Å². The van der Waals surface area contributed by atoms with Gasteiger partial charge in [-0.25, -0.2) is 8.42 Å². The zero-order valence-electron chi connectivity index (χ0n) is 13.7. The van der Waals surface area contributed by atoms with Crippen LogP contribution in [0.2, 0.25) is 0 Å². The maximum Gasteiger partial charge on any atom is 0.263 e. The number of rotatable bonds is 4. The summed E-state index contributed by atoms with van der Waals surface area (Å²) in [7, 11) is -1.86. The molecule has 0 atom stereocenters. The molecule has 1 fully saturated rings. The molecule has 6 nitrogen and oxygen atoms in total. The van der Waals surface area contributed by atoms with Crippen molar-refractivity contribution in [2.24, 2.45) is 7.05 Å². The third kappa shape index (κ3) is 2.77. The Morgan fingerprint density at radius 2 is 2.04 bits per heavy atom. The first kappa shape index (κ1) is 15.5. The van der Waals surface area contributed by atoms with E-state index < -0.39 is 10.0 Å². The summed E-state index contributed by atoms with van der Waals surface area (Å²) in [5.41, 5.74) is 1.92. The molecule has 1 aromatic heterocycles. The van der Waals surface area contributed by atoms with Crippen molar-refractivity contribution in [1.29, 1.82) is 0 Å². The van der Waals surface area contributed by atoms with Gasteiger partial charge in [-0.05, 0) is 36.6 Å². The maximum absolute atomic E-state index is 12.7. The van der Waals surface area contributed by atoms with E-state index in [-0.39, 0.29) is 4.90 Å². The molecule has 1 aliphatic carbocycles. The lowest BCUT2D eigenvalue weighted by atomic mass is 10.1. The minimum absolute atomic E-state index is 0.260. The summed E-state index contributed by atoms with van der Waals surface area (Å²) >= 11 is 0. The van der Waals surface area contributed by atoms with Crippen LogP contribution in [-0.4, -0.2) is 24.8 Å². The molecule has 1 aliphatic heterocycles. The van der Waals surface area contributed by atoms with Crippen LogP contribution in [0.4, 0.5) is 5.82 Å². The fourth-order valence-corrected chi connectivity index (χ4v) is 4.66. The molecule has 1 aromatic carbocycles. The van der Waals surface area contributed by atoms with E-state index in [1.54, 1.807) is 29.9 Å². The van der Waals surface area contributed by atoms with E-state index in [9.17, 15) is 8.42 Å². The van der Waals surface area contributed by atoms with E-state index in [1.807, 2.05) is 6.07 Å². The molecule has 2 aromatic rings. The second-order valence-electron chi connectivity index (χ2n) is 6.53. The molecule has 4 rings (SSSR count). The van der Waals surface area contributed by atoms with Crippen LogP contribution in [0.15, 0.2) is 29.2 Å². The molecule has 2 aliphatic rings. The number of ether oxygens (including phenoxy) is 1. The Labute approximate surface area is 141 Å². The highest BCUT2D eigenvalue weighted by Gasteiger charge is 2.24. The lowest BCUT2D eigenvalue weighted by molar-refractivity contribution is 0.356. The number of sulfonamides is 1. The maximum atomic E-state index is 12.7. The first-order chi connectivity index (χ1) is 11.5. The Balaban J connectivity index is 1.60. The molecule has 0 saturated heterocycles. The third-order valence-electron chi connectivity index (χ3n) is 4.88. The summed E-state index contributed by atoms with van der Waals surface area (Å²) in [6.45, 7) is 0.610. The Morgan fingerprint density at radius 1 is 1.25 bits per heavy atom. The molecule has 2 heterocycles. The van der Waals surface area contributed by atoms with Crippen molar-refractivity contribution in [3.63, 3.8) is 0 Å². The van der Waals surface area contributed by atoms with Crippen LogP contribution >= 0.6 is 0 Å². The second-order valence-corrected chi connectivity index (χ2v) is 8.22. The van der Waals surface area contributed by atoms with Gasteiger partial charge in [-0.1, -0.05) is 12.8 Å². The van der Waals surface area contributed by atoms with E-state index in [4.69, 9.17) is 4.74 Å². The highest BCUT2D eigenvalue weighted by atomic mass is 32.2. The molecular formula is C17H21N3O3S.